The maximum absolute atomic E-state index is 12.6. The Bertz CT molecular complexity index is 997. The van der Waals surface area contributed by atoms with Gasteiger partial charge >= 0.3 is 5.97 Å². The molecule has 0 spiro atoms. The molecule has 0 aliphatic carbocycles. The standard InChI is InChI=1S/C28H33NO5/c1-5-10-21(6-2)14-18-28(31)34-26(23-15-16-24(32-3)25(19-23)33-4)20-29-27(30)17-13-22-11-8-7-9-12-22/h5-12,15-16,19,26H,1-2,13-14,17-18,20H2,3-4H3,(H,29,30)/b21-10+. The number of allylic oxidation sites excluding steroid dienone is 4. The lowest BCUT2D eigenvalue weighted by molar-refractivity contribution is -0.149. The number of methoxy groups -OCH3 is 2. The van der Waals surface area contributed by atoms with Crippen LogP contribution in [0.1, 0.15) is 36.5 Å². The van der Waals surface area contributed by atoms with Gasteiger partial charge in [-0.25, -0.2) is 0 Å². The first-order valence-electron chi connectivity index (χ1n) is 11.2. The topological polar surface area (TPSA) is 73.9 Å². The van der Waals surface area contributed by atoms with Gasteiger partial charge in [0.25, 0.3) is 0 Å². The highest BCUT2D eigenvalue weighted by molar-refractivity contribution is 5.76. The lowest BCUT2D eigenvalue weighted by atomic mass is 10.1. The molecule has 180 valence electrons. The van der Waals surface area contributed by atoms with Crippen molar-refractivity contribution in [3.05, 3.63) is 96.6 Å². The molecular weight excluding hydrogens is 430 g/mol. The Balaban J connectivity index is 2.07. The molecule has 0 aliphatic rings. The van der Waals surface area contributed by atoms with Crippen LogP contribution < -0.4 is 14.8 Å². The van der Waals surface area contributed by atoms with Gasteiger partial charge in [-0.15, -0.1) is 0 Å². The van der Waals surface area contributed by atoms with E-state index in [0.29, 0.717) is 36.3 Å². The summed E-state index contributed by atoms with van der Waals surface area (Å²) in [5.41, 5.74) is 2.68. The van der Waals surface area contributed by atoms with E-state index in [2.05, 4.69) is 18.5 Å². The second-order valence-corrected chi connectivity index (χ2v) is 7.56. The number of benzene rings is 2. The van der Waals surface area contributed by atoms with Crippen LogP contribution in [0.4, 0.5) is 0 Å². The van der Waals surface area contributed by atoms with Crippen LogP contribution in [0.3, 0.4) is 0 Å². The molecule has 1 atom stereocenters. The van der Waals surface area contributed by atoms with Crippen molar-refractivity contribution in [3.63, 3.8) is 0 Å². The Kier molecular flexibility index (Phi) is 11.2. The van der Waals surface area contributed by atoms with Gasteiger partial charge in [-0.05, 0) is 41.7 Å². The van der Waals surface area contributed by atoms with Crippen LogP contribution in [0, 0.1) is 0 Å². The number of aryl methyl sites for hydroxylation is 1. The summed E-state index contributed by atoms with van der Waals surface area (Å²) >= 11 is 0. The molecule has 0 radical (unpaired) electrons. The quantitative estimate of drug-likeness (QED) is 0.311. The van der Waals surface area contributed by atoms with Gasteiger partial charge in [0.05, 0.1) is 20.8 Å². The average molecular weight is 464 g/mol. The molecule has 6 heteroatoms. The molecule has 1 N–H and O–H groups in total. The average Bonchev–Trinajstić information content (AvgIpc) is 2.87. The summed E-state index contributed by atoms with van der Waals surface area (Å²) < 4.78 is 16.4. The highest BCUT2D eigenvalue weighted by Gasteiger charge is 2.20. The van der Waals surface area contributed by atoms with Crippen molar-refractivity contribution in [2.75, 3.05) is 20.8 Å². The Morgan fingerprint density at radius 3 is 2.35 bits per heavy atom. The van der Waals surface area contributed by atoms with Gasteiger partial charge in [-0.1, -0.05) is 67.8 Å². The Labute approximate surface area is 201 Å². The third-order valence-corrected chi connectivity index (χ3v) is 5.23. The molecule has 0 fully saturated rings. The summed E-state index contributed by atoms with van der Waals surface area (Å²) in [6.45, 7) is 7.56. The minimum atomic E-state index is -0.677. The van der Waals surface area contributed by atoms with E-state index in [1.54, 1.807) is 43.5 Å². The summed E-state index contributed by atoms with van der Waals surface area (Å²) in [6, 6.07) is 15.1. The van der Waals surface area contributed by atoms with Gasteiger partial charge in [-0.2, -0.15) is 0 Å². The minimum absolute atomic E-state index is 0.117. The van der Waals surface area contributed by atoms with Crippen molar-refractivity contribution in [3.8, 4) is 11.5 Å². The number of carbonyl (C=O) groups excluding carboxylic acids is 2. The third kappa shape index (κ3) is 8.62. The number of amides is 1. The largest absolute Gasteiger partial charge is 0.493 e. The zero-order chi connectivity index (χ0) is 24.8. The zero-order valence-electron chi connectivity index (χ0n) is 19.9. The first-order chi connectivity index (χ1) is 16.5. The second kappa shape index (κ2) is 14.4. The van der Waals surface area contributed by atoms with Crippen LogP contribution in [-0.2, 0) is 20.7 Å². The highest BCUT2D eigenvalue weighted by atomic mass is 16.5. The third-order valence-electron chi connectivity index (χ3n) is 5.23. The van der Waals surface area contributed by atoms with E-state index in [1.165, 1.54) is 7.11 Å². The van der Waals surface area contributed by atoms with E-state index in [4.69, 9.17) is 14.2 Å². The molecule has 6 nitrogen and oxygen atoms in total. The van der Waals surface area contributed by atoms with Gasteiger partial charge in [0.1, 0.15) is 6.10 Å². The van der Waals surface area contributed by atoms with Crippen LogP contribution in [0.25, 0.3) is 0 Å². The van der Waals surface area contributed by atoms with E-state index in [1.807, 2.05) is 30.3 Å². The van der Waals surface area contributed by atoms with Crippen LogP contribution >= 0.6 is 0 Å². The number of hydrogen-bond donors (Lipinski definition) is 1. The lowest BCUT2D eigenvalue weighted by Crippen LogP contribution is -2.30. The number of ether oxygens (including phenoxy) is 3. The van der Waals surface area contributed by atoms with Crippen LogP contribution in [0.2, 0.25) is 0 Å². The fourth-order valence-corrected chi connectivity index (χ4v) is 3.35. The summed E-state index contributed by atoms with van der Waals surface area (Å²) in [5.74, 6) is 0.580. The van der Waals surface area contributed by atoms with E-state index < -0.39 is 6.10 Å². The van der Waals surface area contributed by atoms with E-state index >= 15 is 0 Å². The fourth-order valence-electron chi connectivity index (χ4n) is 3.35. The van der Waals surface area contributed by atoms with Crippen molar-refractivity contribution < 1.29 is 23.8 Å². The summed E-state index contributed by atoms with van der Waals surface area (Å²) in [6.07, 6.45) is 6.10. The Hall–Kier alpha value is -3.80. The van der Waals surface area contributed by atoms with Crippen molar-refractivity contribution in [1.29, 1.82) is 0 Å². The molecule has 34 heavy (non-hydrogen) atoms. The van der Waals surface area contributed by atoms with Crippen molar-refractivity contribution in [2.45, 2.75) is 31.8 Å². The molecule has 1 amide bonds. The molecule has 0 bridgehead atoms. The van der Waals surface area contributed by atoms with Gasteiger partial charge in [-0.3, -0.25) is 9.59 Å². The lowest BCUT2D eigenvalue weighted by Gasteiger charge is -2.20. The zero-order valence-corrected chi connectivity index (χ0v) is 19.9. The van der Waals surface area contributed by atoms with Crippen molar-refractivity contribution in [1.82, 2.24) is 5.32 Å². The van der Waals surface area contributed by atoms with E-state index in [-0.39, 0.29) is 24.8 Å². The predicted octanol–water partition coefficient (Wildman–Crippen LogP) is 5.12. The first kappa shape index (κ1) is 26.5. The summed E-state index contributed by atoms with van der Waals surface area (Å²) in [5, 5.41) is 2.89. The normalized spacial score (nSPS) is 11.8. The summed E-state index contributed by atoms with van der Waals surface area (Å²) in [7, 11) is 3.09. The second-order valence-electron chi connectivity index (χ2n) is 7.56. The number of hydrogen-bond acceptors (Lipinski definition) is 5. The molecule has 2 aromatic rings. The number of nitrogens with one attached hydrogen (secondary N) is 1. The van der Waals surface area contributed by atoms with E-state index in [9.17, 15) is 9.59 Å². The highest BCUT2D eigenvalue weighted by Crippen LogP contribution is 2.31. The van der Waals surface area contributed by atoms with Gasteiger partial charge in [0, 0.05) is 12.8 Å². The molecule has 0 saturated carbocycles. The molecule has 2 aromatic carbocycles. The van der Waals surface area contributed by atoms with Crippen molar-refractivity contribution in [2.24, 2.45) is 0 Å². The van der Waals surface area contributed by atoms with Crippen molar-refractivity contribution >= 4 is 11.9 Å². The van der Waals surface area contributed by atoms with E-state index in [0.717, 1.165) is 11.1 Å². The van der Waals surface area contributed by atoms with Gasteiger partial charge in [0.2, 0.25) is 5.91 Å². The number of esters is 1. The molecule has 0 aromatic heterocycles. The number of carbonyl (C=O) groups is 2. The smallest absolute Gasteiger partial charge is 0.306 e. The molecular formula is C28H33NO5. The van der Waals surface area contributed by atoms with Crippen LogP contribution in [0.5, 0.6) is 11.5 Å². The first-order valence-corrected chi connectivity index (χ1v) is 11.2. The molecule has 2 rings (SSSR count). The maximum atomic E-state index is 12.6. The maximum Gasteiger partial charge on any atom is 0.306 e. The fraction of sp³-hybridized carbons (Fsp3) is 0.286. The molecule has 1 unspecified atom stereocenters. The minimum Gasteiger partial charge on any atom is -0.493 e. The SMILES string of the molecule is C=C/C=C(\C=C)CCC(=O)OC(CNC(=O)CCc1ccccc1)c1ccc(OC)c(OC)c1. The summed E-state index contributed by atoms with van der Waals surface area (Å²) in [4.78, 5) is 25.1. The molecule has 0 aliphatic heterocycles. The van der Waals surface area contributed by atoms with Crippen LogP contribution in [-0.4, -0.2) is 32.6 Å². The number of rotatable bonds is 14. The van der Waals surface area contributed by atoms with Gasteiger partial charge < -0.3 is 19.5 Å². The Morgan fingerprint density at radius 1 is 0.971 bits per heavy atom. The predicted molar refractivity (Wildman–Crippen MR) is 134 cm³/mol. The Morgan fingerprint density at radius 2 is 1.71 bits per heavy atom. The molecule has 0 heterocycles. The molecule has 0 saturated heterocycles. The van der Waals surface area contributed by atoms with Crippen LogP contribution in [0.15, 0.2) is 85.5 Å². The van der Waals surface area contributed by atoms with Gasteiger partial charge in [0.15, 0.2) is 11.5 Å². The monoisotopic (exact) mass is 463 g/mol.